The van der Waals surface area contributed by atoms with E-state index in [2.05, 4.69) is 33.8 Å². The number of hydrogen-bond acceptors (Lipinski definition) is 5. The molecule has 1 aliphatic heterocycles. The lowest BCUT2D eigenvalue weighted by Crippen LogP contribution is -2.37. The van der Waals surface area contributed by atoms with E-state index in [0.717, 1.165) is 19.3 Å². The molecule has 1 N–H and O–H groups in total. The number of ether oxygens (including phenoxy) is 2. The Hall–Kier alpha value is -2.56. The molecule has 0 unspecified atom stereocenters. The number of allylic oxidation sites excluding steroid dienone is 4. The van der Waals surface area contributed by atoms with E-state index in [4.69, 9.17) is 9.47 Å². The second kappa shape index (κ2) is 7.50. The lowest BCUT2D eigenvalue weighted by atomic mass is 9.62. The third kappa shape index (κ3) is 2.96. The van der Waals surface area contributed by atoms with Gasteiger partial charge in [0.2, 0.25) is 5.78 Å². The van der Waals surface area contributed by atoms with E-state index < -0.39 is 11.2 Å². The molecule has 0 saturated carbocycles. The number of carbonyl (C=O) groups is 2. The van der Waals surface area contributed by atoms with Crippen LogP contribution in [0.15, 0.2) is 29.0 Å². The molecule has 0 aromatic heterocycles. The summed E-state index contributed by atoms with van der Waals surface area (Å²) in [5, 5.41) is 11.1. The molecule has 0 radical (unpaired) electrons. The van der Waals surface area contributed by atoms with Crippen LogP contribution in [0.3, 0.4) is 0 Å². The molecule has 0 amide bonds. The Bertz CT molecular complexity index is 1080. The molecule has 1 aromatic rings. The van der Waals surface area contributed by atoms with Gasteiger partial charge >= 0.3 is 0 Å². The number of phenolic OH excluding ortho intramolecular Hbond substituents is 1. The van der Waals surface area contributed by atoms with Crippen molar-refractivity contribution in [2.45, 2.75) is 78.7 Å². The molecule has 2 aliphatic carbocycles. The zero-order valence-electron chi connectivity index (χ0n) is 20.2. The lowest BCUT2D eigenvalue weighted by molar-refractivity contribution is 0.0901. The summed E-state index contributed by atoms with van der Waals surface area (Å²) < 4.78 is 11.4. The van der Waals surface area contributed by atoms with Gasteiger partial charge in [0.25, 0.3) is 0 Å². The maximum absolute atomic E-state index is 13.2. The van der Waals surface area contributed by atoms with Gasteiger partial charge < -0.3 is 14.6 Å². The first kappa shape index (κ1) is 22.6. The summed E-state index contributed by atoms with van der Waals surface area (Å²) in [5.74, 6) is 0.289. The van der Waals surface area contributed by atoms with Crippen LogP contribution < -0.4 is 4.74 Å². The average molecular weight is 439 g/mol. The van der Waals surface area contributed by atoms with Crippen LogP contribution in [0.25, 0.3) is 0 Å². The van der Waals surface area contributed by atoms with E-state index in [1.54, 1.807) is 6.92 Å². The molecular weight excluding hydrogens is 404 g/mol. The molecular formula is C27H34O5. The molecule has 32 heavy (non-hydrogen) atoms. The summed E-state index contributed by atoms with van der Waals surface area (Å²) in [6.07, 6.45) is 6.18. The van der Waals surface area contributed by atoms with Gasteiger partial charge in [0, 0.05) is 22.1 Å². The largest absolute Gasteiger partial charge is 0.507 e. The van der Waals surface area contributed by atoms with Crippen LogP contribution in [-0.2, 0) is 10.2 Å². The topological polar surface area (TPSA) is 72.8 Å². The van der Waals surface area contributed by atoms with Crippen molar-refractivity contribution in [2.75, 3.05) is 7.11 Å². The zero-order chi connectivity index (χ0) is 23.6. The van der Waals surface area contributed by atoms with Gasteiger partial charge in [-0.3, -0.25) is 9.59 Å². The highest BCUT2D eigenvalue weighted by molar-refractivity contribution is 6.27. The summed E-state index contributed by atoms with van der Waals surface area (Å²) in [7, 11) is 1.38. The fraction of sp³-hybridized carbons (Fsp3) is 0.556. The third-order valence-corrected chi connectivity index (χ3v) is 8.79. The molecule has 1 aromatic carbocycles. The number of ketones is 2. The van der Waals surface area contributed by atoms with Crippen LogP contribution >= 0.6 is 0 Å². The maximum Gasteiger partial charge on any atom is 0.228 e. The quantitative estimate of drug-likeness (QED) is 0.593. The second-order valence-electron chi connectivity index (χ2n) is 10.3. The summed E-state index contributed by atoms with van der Waals surface area (Å²) in [5.41, 5.74) is 2.36. The fourth-order valence-corrected chi connectivity index (χ4v) is 5.84. The number of phenols is 1. The van der Waals surface area contributed by atoms with E-state index in [-0.39, 0.29) is 45.5 Å². The van der Waals surface area contributed by atoms with E-state index in [9.17, 15) is 14.7 Å². The Morgan fingerprint density at radius 1 is 1.12 bits per heavy atom. The standard InChI is InChI=1S/C27H34O5/c1-14-9-8-10-15(2)26(14,5)11-12-27(6)17(4)32-25-20-18(13-19(28)21(25)27)23(30)24(31-7)16(3)22(20)29/h9,13,15,17,28H,8,10-12H2,1-7H3/t15-,17-,26-,27-/m1/s1. The molecule has 0 saturated heterocycles. The number of aromatic hydroxyl groups is 1. The van der Waals surface area contributed by atoms with Crippen molar-refractivity contribution in [3.05, 3.63) is 45.7 Å². The Balaban J connectivity index is 1.78. The first-order valence-electron chi connectivity index (χ1n) is 11.6. The summed E-state index contributed by atoms with van der Waals surface area (Å²) in [6, 6.07) is 1.43. The average Bonchev–Trinajstić information content (AvgIpc) is 3.01. The van der Waals surface area contributed by atoms with E-state index in [0.29, 0.717) is 17.2 Å². The highest BCUT2D eigenvalue weighted by Crippen LogP contribution is 2.56. The molecule has 0 fully saturated rings. The van der Waals surface area contributed by atoms with Crippen molar-refractivity contribution < 1.29 is 24.2 Å². The van der Waals surface area contributed by atoms with Crippen LogP contribution in [0.1, 0.15) is 93.5 Å². The smallest absolute Gasteiger partial charge is 0.228 e. The molecule has 0 bridgehead atoms. The van der Waals surface area contributed by atoms with E-state index >= 15 is 0 Å². The van der Waals surface area contributed by atoms with Gasteiger partial charge in [-0.1, -0.05) is 32.4 Å². The second-order valence-corrected chi connectivity index (χ2v) is 10.3. The van der Waals surface area contributed by atoms with Crippen molar-refractivity contribution in [3.8, 4) is 11.5 Å². The molecule has 5 nitrogen and oxygen atoms in total. The normalized spacial score (nSPS) is 31.8. The summed E-state index contributed by atoms with van der Waals surface area (Å²) in [6.45, 7) is 12.6. The molecule has 3 aliphatic rings. The van der Waals surface area contributed by atoms with Crippen molar-refractivity contribution in [3.63, 3.8) is 0 Å². The van der Waals surface area contributed by atoms with Crippen molar-refractivity contribution in [1.29, 1.82) is 0 Å². The number of hydrogen-bond donors (Lipinski definition) is 1. The van der Waals surface area contributed by atoms with Crippen molar-refractivity contribution >= 4 is 11.6 Å². The minimum absolute atomic E-state index is 0.0101. The number of rotatable bonds is 4. The minimum Gasteiger partial charge on any atom is -0.507 e. The summed E-state index contributed by atoms with van der Waals surface area (Å²) >= 11 is 0. The zero-order valence-corrected chi connectivity index (χ0v) is 20.2. The Labute approximate surface area is 190 Å². The Morgan fingerprint density at radius 3 is 2.41 bits per heavy atom. The third-order valence-electron chi connectivity index (χ3n) is 8.79. The highest BCUT2D eigenvalue weighted by Gasteiger charge is 2.50. The van der Waals surface area contributed by atoms with Crippen LogP contribution in [0.5, 0.6) is 11.5 Å². The molecule has 5 heteroatoms. The molecule has 4 atom stereocenters. The molecule has 0 spiro atoms. The van der Waals surface area contributed by atoms with Gasteiger partial charge in [-0.25, -0.2) is 0 Å². The number of carbonyl (C=O) groups excluding carboxylic acids is 2. The van der Waals surface area contributed by atoms with Crippen molar-refractivity contribution in [1.82, 2.24) is 0 Å². The van der Waals surface area contributed by atoms with Gasteiger partial charge in [-0.2, -0.15) is 0 Å². The first-order valence-corrected chi connectivity index (χ1v) is 11.6. The number of Topliss-reactive ketones (excluding diaryl/α,β-unsaturated/α-hetero) is 2. The van der Waals surface area contributed by atoms with Crippen LogP contribution in [-0.4, -0.2) is 29.9 Å². The monoisotopic (exact) mass is 438 g/mol. The molecule has 172 valence electrons. The van der Waals surface area contributed by atoms with Crippen LogP contribution in [0, 0.1) is 11.3 Å². The number of fused-ring (bicyclic) bond motifs is 3. The molecule has 4 rings (SSSR count). The van der Waals surface area contributed by atoms with Gasteiger partial charge in [0.1, 0.15) is 17.6 Å². The Kier molecular flexibility index (Phi) is 5.30. The SMILES string of the molecule is COC1=C(C)C(=O)c2c(cc(O)c3c2O[C@H](C)[C@@]3(C)CC[C@]2(C)C(C)=CCC[C@H]2C)C1=O. The fourth-order valence-electron chi connectivity index (χ4n) is 5.84. The Morgan fingerprint density at radius 2 is 1.78 bits per heavy atom. The predicted octanol–water partition coefficient (Wildman–Crippen LogP) is 5.89. The van der Waals surface area contributed by atoms with E-state index in [1.807, 2.05) is 6.92 Å². The molecule has 1 heterocycles. The maximum atomic E-state index is 13.2. The number of methoxy groups -OCH3 is 1. The van der Waals surface area contributed by atoms with Crippen LogP contribution in [0.4, 0.5) is 0 Å². The summed E-state index contributed by atoms with van der Waals surface area (Å²) in [4.78, 5) is 26.1. The highest BCUT2D eigenvalue weighted by atomic mass is 16.5. The van der Waals surface area contributed by atoms with E-state index in [1.165, 1.54) is 25.2 Å². The predicted molar refractivity (Wildman–Crippen MR) is 123 cm³/mol. The van der Waals surface area contributed by atoms with Gasteiger partial charge in [0.15, 0.2) is 11.5 Å². The lowest BCUT2D eigenvalue weighted by Gasteiger charge is -2.42. The van der Waals surface area contributed by atoms with Crippen LogP contribution in [0.2, 0.25) is 0 Å². The minimum atomic E-state index is -0.475. The number of benzene rings is 1. The van der Waals surface area contributed by atoms with Crippen molar-refractivity contribution in [2.24, 2.45) is 11.3 Å². The van der Waals surface area contributed by atoms with Gasteiger partial charge in [-0.15, -0.1) is 0 Å². The van der Waals surface area contributed by atoms with Gasteiger partial charge in [0.05, 0.1) is 12.7 Å². The first-order chi connectivity index (χ1) is 15.0. The van der Waals surface area contributed by atoms with Gasteiger partial charge in [-0.05, 0) is 63.9 Å².